The van der Waals surface area contributed by atoms with Gasteiger partial charge in [-0.25, -0.2) is 0 Å². The zero-order chi connectivity index (χ0) is 14.7. The summed E-state index contributed by atoms with van der Waals surface area (Å²) in [5.74, 6) is 0.820. The topological polar surface area (TPSA) is 28.2 Å². The van der Waals surface area contributed by atoms with E-state index in [1.54, 1.807) is 0 Å². The Hall–Kier alpha value is -1.45. The van der Waals surface area contributed by atoms with Gasteiger partial charge in [-0.3, -0.25) is 9.88 Å². The highest BCUT2D eigenvalue weighted by atomic mass is 15.1. The van der Waals surface area contributed by atoms with Gasteiger partial charge in [0.25, 0.3) is 0 Å². The van der Waals surface area contributed by atoms with Crippen LogP contribution in [0.2, 0.25) is 0 Å². The molecule has 1 aromatic carbocycles. The summed E-state index contributed by atoms with van der Waals surface area (Å²) in [4.78, 5) is 7.04. The second kappa shape index (κ2) is 6.54. The molecule has 112 valence electrons. The second-order valence-electron chi connectivity index (χ2n) is 6.18. The van der Waals surface area contributed by atoms with Gasteiger partial charge in [-0.15, -0.1) is 0 Å². The monoisotopic (exact) mass is 283 g/mol. The van der Waals surface area contributed by atoms with Crippen LogP contribution in [0.3, 0.4) is 0 Å². The molecule has 21 heavy (non-hydrogen) atoms. The predicted octanol–water partition coefficient (Wildman–Crippen LogP) is 3.05. The van der Waals surface area contributed by atoms with Crippen LogP contribution in [0, 0.1) is 5.92 Å². The molecule has 0 saturated carbocycles. The number of nitrogens with one attached hydrogen (secondary N) is 1. The Bertz CT molecular complexity index is 583. The van der Waals surface area contributed by atoms with Crippen molar-refractivity contribution in [1.82, 2.24) is 15.2 Å². The molecular formula is C18H25N3. The van der Waals surface area contributed by atoms with Crippen molar-refractivity contribution < 1.29 is 0 Å². The highest BCUT2D eigenvalue weighted by Crippen LogP contribution is 2.24. The molecule has 3 heteroatoms. The Morgan fingerprint density at radius 3 is 2.76 bits per heavy atom. The maximum atomic E-state index is 4.45. The van der Waals surface area contributed by atoms with Crippen molar-refractivity contribution in [2.75, 3.05) is 20.1 Å². The van der Waals surface area contributed by atoms with Gasteiger partial charge in [0.2, 0.25) is 0 Å². The van der Waals surface area contributed by atoms with Crippen molar-refractivity contribution in [2.24, 2.45) is 5.92 Å². The van der Waals surface area contributed by atoms with Crippen molar-refractivity contribution in [3.05, 3.63) is 42.1 Å². The average molecular weight is 283 g/mol. The lowest BCUT2D eigenvalue weighted by Crippen LogP contribution is -2.40. The van der Waals surface area contributed by atoms with Crippen LogP contribution in [-0.2, 0) is 6.54 Å². The first-order valence-corrected chi connectivity index (χ1v) is 8.00. The van der Waals surface area contributed by atoms with Crippen LogP contribution in [0.1, 0.15) is 25.3 Å². The SMILES string of the molecule is CNC(C)C1CCN(Cc2ccnc3ccccc23)CC1. The number of fused-ring (bicyclic) bond motifs is 1. The number of aromatic nitrogens is 1. The summed E-state index contributed by atoms with van der Waals surface area (Å²) < 4.78 is 0. The lowest BCUT2D eigenvalue weighted by atomic mass is 9.90. The lowest BCUT2D eigenvalue weighted by Gasteiger charge is -2.35. The molecular weight excluding hydrogens is 258 g/mol. The van der Waals surface area contributed by atoms with E-state index in [1.807, 2.05) is 6.20 Å². The number of para-hydroxylation sites is 1. The average Bonchev–Trinajstić information content (AvgIpc) is 2.55. The molecule has 1 aromatic heterocycles. The zero-order valence-corrected chi connectivity index (χ0v) is 13.0. The van der Waals surface area contributed by atoms with Crippen LogP contribution in [-0.4, -0.2) is 36.1 Å². The van der Waals surface area contributed by atoms with Gasteiger partial charge < -0.3 is 5.32 Å². The van der Waals surface area contributed by atoms with Crippen LogP contribution in [0.15, 0.2) is 36.5 Å². The van der Waals surface area contributed by atoms with Gasteiger partial charge in [0.15, 0.2) is 0 Å². The van der Waals surface area contributed by atoms with E-state index in [1.165, 1.54) is 36.9 Å². The molecule has 0 bridgehead atoms. The Kier molecular flexibility index (Phi) is 4.51. The first-order valence-electron chi connectivity index (χ1n) is 8.00. The Morgan fingerprint density at radius 2 is 2.00 bits per heavy atom. The van der Waals surface area contributed by atoms with Gasteiger partial charge in [-0.1, -0.05) is 18.2 Å². The van der Waals surface area contributed by atoms with E-state index in [0.717, 1.165) is 18.0 Å². The van der Waals surface area contributed by atoms with Gasteiger partial charge >= 0.3 is 0 Å². The van der Waals surface area contributed by atoms with Gasteiger partial charge in [0.05, 0.1) is 5.52 Å². The van der Waals surface area contributed by atoms with E-state index < -0.39 is 0 Å². The van der Waals surface area contributed by atoms with Crippen molar-refractivity contribution in [1.29, 1.82) is 0 Å². The molecule has 1 aliphatic rings. The van der Waals surface area contributed by atoms with Gasteiger partial charge in [-0.2, -0.15) is 0 Å². The fraction of sp³-hybridized carbons (Fsp3) is 0.500. The molecule has 1 N–H and O–H groups in total. The first kappa shape index (κ1) is 14.5. The number of piperidine rings is 1. The molecule has 0 amide bonds. The molecule has 0 radical (unpaired) electrons. The minimum atomic E-state index is 0.633. The summed E-state index contributed by atoms with van der Waals surface area (Å²) in [6.45, 7) is 5.75. The first-order chi connectivity index (χ1) is 10.3. The van der Waals surface area contributed by atoms with Gasteiger partial charge in [-0.05, 0) is 63.5 Å². The van der Waals surface area contributed by atoms with E-state index in [2.05, 4.69) is 59.5 Å². The maximum Gasteiger partial charge on any atom is 0.0705 e. The smallest absolute Gasteiger partial charge is 0.0705 e. The normalized spacial score (nSPS) is 19.0. The summed E-state index contributed by atoms with van der Waals surface area (Å²) in [6.07, 6.45) is 4.53. The van der Waals surface area contributed by atoms with Crippen molar-refractivity contribution in [3.63, 3.8) is 0 Å². The van der Waals surface area contributed by atoms with E-state index in [9.17, 15) is 0 Å². The van der Waals surface area contributed by atoms with Gasteiger partial charge in [0, 0.05) is 24.2 Å². The van der Waals surface area contributed by atoms with E-state index in [-0.39, 0.29) is 0 Å². The number of pyridine rings is 1. The number of rotatable bonds is 4. The summed E-state index contributed by atoms with van der Waals surface area (Å²) >= 11 is 0. The molecule has 2 heterocycles. The van der Waals surface area contributed by atoms with E-state index in [4.69, 9.17) is 0 Å². The molecule has 3 rings (SSSR count). The third-order valence-corrected chi connectivity index (χ3v) is 4.93. The summed E-state index contributed by atoms with van der Waals surface area (Å²) in [5.41, 5.74) is 2.51. The fourth-order valence-corrected chi connectivity index (χ4v) is 3.38. The second-order valence-corrected chi connectivity index (χ2v) is 6.18. The van der Waals surface area contributed by atoms with Crippen LogP contribution in [0.25, 0.3) is 10.9 Å². The lowest BCUT2D eigenvalue weighted by molar-refractivity contribution is 0.159. The highest BCUT2D eigenvalue weighted by molar-refractivity contribution is 5.81. The van der Waals surface area contributed by atoms with Crippen LogP contribution >= 0.6 is 0 Å². The van der Waals surface area contributed by atoms with E-state index >= 15 is 0 Å². The third kappa shape index (κ3) is 3.25. The van der Waals surface area contributed by atoms with Gasteiger partial charge in [0.1, 0.15) is 0 Å². The number of likely N-dealkylation sites (tertiary alicyclic amines) is 1. The van der Waals surface area contributed by atoms with Crippen molar-refractivity contribution in [2.45, 2.75) is 32.4 Å². The number of nitrogens with zero attached hydrogens (tertiary/aromatic N) is 2. The fourth-order valence-electron chi connectivity index (χ4n) is 3.38. The maximum absolute atomic E-state index is 4.45. The van der Waals surface area contributed by atoms with Crippen molar-refractivity contribution in [3.8, 4) is 0 Å². The number of hydrogen-bond donors (Lipinski definition) is 1. The Balaban J connectivity index is 1.67. The van der Waals surface area contributed by atoms with Crippen molar-refractivity contribution >= 4 is 10.9 Å². The highest BCUT2D eigenvalue weighted by Gasteiger charge is 2.23. The predicted molar refractivity (Wildman–Crippen MR) is 88.3 cm³/mol. The Morgan fingerprint density at radius 1 is 1.24 bits per heavy atom. The quantitative estimate of drug-likeness (QED) is 0.935. The Labute approximate surface area is 127 Å². The zero-order valence-electron chi connectivity index (χ0n) is 13.0. The van der Waals surface area contributed by atoms with Crippen LogP contribution in [0.5, 0.6) is 0 Å². The molecule has 0 aliphatic carbocycles. The standard InChI is InChI=1S/C18H25N3/c1-14(19-2)15-8-11-21(12-9-15)13-16-7-10-20-18-6-4-3-5-17(16)18/h3-7,10,14-15,19H,8-9,11-13H2,1-2H3. The minimum Gasteiger partial charge on any atom is -0.317 e. The minimum absolute atomic E-state index is 0.633. The molecule has 1 fully saturated rings. The molecule has 0 spiro atoms. The molecule has 1 aliphatic heterocycles. The molecule has 1 saturated heterocycles. The molecule has 1 atom stereocenters. The third-order valence-electron chi connectivity index (χ3n) is 4.93. The number of hydrogen-bond acceptors (Lipinski definition) is 3. The van der Waals surface area contributed by atoms with Crippen LogP contribution < -0.4 is 5.32 Å². The van der Waals surface area contributed by atoms with E-state index in [0.29, 0.717) is 6.04 Å². The summed E-state index contributed by atoms with van der Waals surface area (Å²) in [6, 6.07) is 11.3. The molecule has 3 nitrogen and oxygen atoms in total. The largest absolute Gasteiger partial charge is 0.317 e. The molecule has 1 unspecified atom stereocenters. The van der Waals surface area contributed by atoms with Crippen LogP contribution in [0.4, 0.5) is 0 Å². The summed E-state index contributed by atoms with van der Waals surface area (Å²) in [7, 11) is 2.07. The number of benzene rings is 1. The molecule has 2 aromatic rings. The summed E-state index contributed by atoms with van der Waals surface area (Å²) in [5, 5.41) is 4.69.